The Bertz CT molecular complexity index is 189. The van der Waals surface area contributed by atoms with Crippen molar-refractivity contribution in [1.29, 1.82) is 0 Å². The topological polar surface area (TPSA) is 50.4 Å². The molecule has 1 rings (SSSR count). The smallest absolute Gasteiger partial charge is 0.188 e. The van der Waals surface area contributed by atoms with Gasteiger partial charge in [0.25, 0.3) is 0 Å². The maximum Gasteiger partial charge on any atom is 0.188 e. The summed E-state index contributed by atoms with van der Waals surface area (Å²) in [6.45, 7) is 3.14. The highest BCUT2D eigenvalue weighted by Crippen LogP contribution is 2.10. The van der Waals surface area contributed by atoms with Crippen molar-refractivity contribution in [3.05, 3.63) is 0 Å². The van der Waals surface area contributed by atoms with Crippen molar-refractivity contribution >= 4 is 5.96 Å². The van der Waals surface area contributed by atoms with Crippen molar-refractivity contribution in [2.24, 2.45) is 10.7 Å². The Balaban J connectivity index is 1.81. The Kier molecular flexibility index (Phi) is 6.21. The lowest BCUT2D eigenvalue weighted by Crippen LogP contribution is -2.34. The van der Waals surface area contributed by atoms with Crippen LogP contribution in [-0.2, 0) is 0 Å². The first kappa shape index (κ1) is 12.3. The van der Waals surface area contributed by atoms with Gasteiger partial charge in [0.15, 0.2) is 5.96 Å². The van der Waals surface area contributed by atoms with E-state index in [0.717, 1.165) is 6.54 Å². The first-order valence-corrected chi connectivity index (χ1v) is 6.39. The number of unbranched alkanes of at least 4 members (excludes halogenated alkanes) is 6. The van der Waals surface area contributed by atoms with Crippen molar-refractivity contribution in [3.63, 3.8) is 0 Å². The molecule has 0 bridgehead atoms. The van der Waals surface area contributed by atoms with E-state index in [1.165, 1.54) is 51.4 Å². The van der Waals surface area contributed by atoms with E-state index in [2.05, 4.69) is 17.2 Å². The molecule has 0 saturated carbocycles. The minimum atomic E-state index is 0.514. The van der Waals surface area contributed by atoms with Crippen LogP contribution in [0.25, 0.3) is 0 Å². The van der Waals surface area contributed by atoms with E-state index < -0.39 is 0 Å². The van der Waals surface area contributed by atoms with Gasteiger partial charge in [-0.15, -0.1) is 0 Å². The van der Waals surface area contributed by atoms with Gasteiger partial charge in [0.1, 0.15) is 0 Å². The predicted octanol–water partition coefficient (Wildman–Crippen LogP) is 2.41. The molecular weight excluding hydrogens is 186 g/mol. The van der Waals surface area contributed by atoms with Gasteiger partial charge in [0.05, 0.1) is 6.54 Å². The monoisotopic (exact) mass is 211 g/mol. The van der Waals surface area contributed by atoms with Crippen LogP contribution >= 0.6 is 0 Å². The third-order valence-electron chi connectivity index (χ3n) is 2.99. The number of nitrogens with two attached hydrogens (primary N) is 1. The van der Waals surface area contributed by atoms with Gasteiger partial charge in [-0.2, -0.15) is 0 Å². The summed E-state index contributed by atoms with van der Waals surface area (Å²) >= 11 is 0. The molecule has 1 aliphatic rings. The zero-order valence-electron chi connectivity index (χ0n) is 9.97. The summed E-state index contributed by atoms with van der Waals surface area (Å²) in [7, 11) is 0. The summed E-state index contributed by atoms with van der Waals surface area (Å²) in [5, 5.41) is 3.19. The maximum absolute atomic E-state index is 5.55. The van der Waals surface area contributed by atoms with Crippen LogP contribution in [0, 0.1) is 0 Å². The standard InChI is InChI=1S/C12H25N3/c1-2-3-4-5-6-7-8-9-11-10-14-12(13)15-11/h11H,2-10H2,1H3,(H3,13,14,15). The number of nitrogens with one attached hydrogen (secondary N) is 1. The van der Waals surface area contributed by atoms with Crippen molar-refractivity contribution in [1.82, 2.24) is 5.32 Å². The lowest BCUT2D eigenvalue weighted by atomic mass is 10.1. The van der Waals surface area contributed by atoms with Gasteiger partial charge >= 0.3 is 0 Å². The van der Waals surface area contributed by atoms with Crippen LogP contribution in [0.3, 0.4) is 0 Å². The largest absolute Gasteiger partial charge is 0.370 e. The second kappa shape index (κ2) is 7.55. The summed E-state index contributed by atoms with van der Waals surface area (Å²) in [4.78, 5) is 4.14. The van der Waals surface area contributed by atoms with Gasteiger partial charge in [-0.3, -0.25) is 4.99 Å². The molecule has 0 aliphatic carbocycles. The number of guanidine groups is 1. The molecule has 3 heteroatoms. The zero-order valence-corrected chi connectivity index (χ0v) is 9.97. The quantitative estimate of drug-likeness (QED) is 0.606. The summed E-state index contributed by atoms with van der Waals surface area (Å²) in [5.41, 5.74) is 5.55. The molecule has 0 spiro atoms. The molecule has 0 amide bonds. The number of nitrogens with zero attached hydrogens (tertiary/aromatic N) is 1. The molecule has 15 heavy (non-hydrogen) atoms. The minimum absolute atomic E-state index is 0.514. The zero-order chi connectivity index (χ0) is 10.9. The van der Waals surface area contributed by atoms with Gasteiger partial charge < -0.3 is 11.1 Å². The SMILES string of the molecule is CCCCCCCCCC1CN=C(N)N1. The molecule has 0 radical (unpaired) electrons. The number of aliphatic imine (C=N–C) groups is 1. The normalized spacial score (nSPS) is 20.1. The summed E-state index contributed by atoms with van der Waals surface area (Å²) in [5.74, 6) is 0.628. The van der Waals surface area contributed by atoms with Gasteiger partial charge in [0, 0.05) is 6.04 Å². The minimum Gasteiger partial charge on any atom is -0.370 e. The molecule has 1 unspecified atom stereocenters. The highest BCUT2D eigenvalue weighted by atomic mass is 15.2. The Morgan fingerprint density at radius 1 is 1.20 bits per heavy atom. The molecular formula is C12H25N3. The van der Waals surface area contributed by atoms with E-state index in [-0.39, 0.29) is 0 Å². The summed E-state index contributed by atoms with van der Waals surface area (Å²) in [6.07, 6.45) is 10.8. The fourth-order valence-corrected chi connectivity index (χ4v) is 2.02. The molecule has 0 saturated heterocycles. The molecule has 3 N–H and O–H groups in total. The molecule has 0 fully saturated rings. The van der Waals surface area contributed by atoms with E-state index in [0.29, 0.717) is 12.0 Å². The molecule has 3 nitrogen and oxygen atoms in total. The van der Waals surface area contributed by atoms with Crippen molar-refractivity contribution in [2.75, 3.05) is 6.54 Å². The Morgan fingerprint density at radius 2 is 1.87 bits per heavy atom. The highest BCUT2D eigenvalue weighted by molar-refractivity contribution is 5.79. The van der Waals surface area contributed by atoms with E-state index in [1.54, 1.807) is 0 Å². The first-order valence-electron chi connectivity index (χ1n) is 6.39. The van der Waals surface area contributed by atoms with Gasteiger partial charge in [-0.1, -0.05) is 51.9 Å². The Labute approximate surface area is 93.5 Å². The van der Waals surface area contributed by atoms with Gasteiger partial charge in [-0.25, -0.2) is 0 Å². The van der Waals surface area contributed by atoms with Crippen LogP contribution in [0.5, 0.6) is 0 Å². The van der Waals surface area contributed by atoms with Crippen LogP contribution in [0.2, 0.25) is 0 Å². The second-order valence-corrected chi connectivity index (χ2v) is 4.48. The first-order chi connectivity index (χ1) is 7.33. The second-order valence-electron chi connectivity index (χ2n) is 4.48. The van der Waals surface area contributed by atoms with Crippen LogP contribution < -0.4 is 11.1 Å². The third-order valence-corrected chi connectivity index (χ3v) is 2.99. The number of rotatable bonds is 8. The van der Waals surface area contributed by atoms with Crippen LogP contribution in [0.4, 0.5) is 0 Å². The lowest BCUT2D eigenvalue weighted by molar-refractivity contribution is 0.523. The predicted molar refractivity (Wildman–Crippen MR) is 66.0 cm³/mol. The highest BCUT2D eigenvalue weighted by Gasteiger charge is 2.13. The average Bonchev–Trinajstić information content (AvgIpc) is 2.63. The molecule has 1 aliphatic heterocycles. The third kappa shape index (κ3) is 5.65. The summed E-state index contributed by atoms with van der Waals surface area (Å²) in [6, 6.07) is 0.514. The maximum atomic E-state index is 5.55. The van der Waals surface area contributed by atoms with Crippen LogP contribution in [0.15, 0.2) is 4.99 Å². The molecule has 1 heterocycles. The van der Waals surface area contributed by atoms with E-state index >= 15 is 0 Å². The van der Waals surface area contributed by atoms with Crippen molar-refractivity contribution in [3.8, 4) is 0 Å². The molecule has 0 aromatic carbocycles. The van der Waals surface area contributed by atoms with Crippen LogP contribution in [-0.4, -0.2) is 18.5 Å². The Morgan fingerprint density at radius 3 is 2.47 bits per heavy atom. The van der Waals surface area contributed by atoms with E-state index in [9.17, 15) is 0 Å². The fourth-order valence-electron chi connectivity index (χ4n) is 2.02. The molecule has 1 atom stereocenters. The lowest BCUT2D eigenvalue weighted by Gasteiger charge is -2.09. The summed E-state index contributed by atoms with van der Waals surface area (Å²) < 4.78 is 0. The number of hydrogen-bond acceptors (Lipinski definition) is 3. The van der Waals surface area contributed by atoms with E-state index in [4.69, 9.17) is 5.73 Å². The van der Waals surface area contributed by atoms with E-state index in [1.807, 2.05) is 0 Å². The average molecular weight is 211 g/mol. The molecule has 0 aromatic rings. The molecule has 88 valence electrons. The Hall–Kier alpha value is -0.730. The van der Waals surface area contributed by atoms with Crippen molar-refractivity contribution in [2.45, 2.75) is 64.3 Å². The molecule has 0 aromatic heterocycles. The fraction of sp³-hybridized carbons (Fsp3) is 0.917. The van der Waals surface area contributed by atoms with Crippen LogP contribution in [0.1, 0.15) is 58.3 Å². The van der Waals surface area contributed by atoms with Crippen molar-refractivity contribution < 1.29 is 0 Å². The number of hydrogen-bond donors (Lipinski definition) is 2. The van der Waals surface area contributed by atoms with Gasteiger partial charge in [0.2, 0.25) is 0 Å². The van der Waals surface area contributed by atoms with Gasteiger partial charge in [-0.05, 0) is 6.42 Å².